The molecule has 0 radical (unpaired) electrons. The number of carbonyl (C=O) groups is 1. The fourth-order valence-electron chi connectivity index (χ4n) is 3.51. The van der Waals surface area contributed by atoms with Crippen molar-refractivity contribution in [2.45, 2.75) is 24.9 Å². The zero-order chi connectivity index (χ0) is 16.1. The number of halogens is 1. The topological polar surface area (TPSA) is 80.3 Å². The maximum absolute atomic E-state index is 11.9. The molecule has 0 unspecified atom stereocenters. The van der Waals surface area contributed by atoms with Crippen molar-refractivity contribution in [2.24, 2.45) is 0 Å². The Morgan fingerprint density at radius 2 is 2.04 bits per heavy atom. The summed E-state index contributed by atoms with van der Waals surface area (Å²) in [6.45, 7) is 2.33. The Kier molecular flexibility index (Phi) is 3.53. The Labute approximate surface area is 142 Å². The zero-order valence-electron chi connectivity index (χ0n) is 12.9. The number of amides is 1. The van der Waals surface area contributed by atoms with Gasteiger partial charge in [0.15, 0.2) is 0 Å². The summed E-state index contributed by atoms with van der Waals surface area (Å²) in [4.78, 5) is 24.4. The van der Waals surface area contributed by atoms with Crippen LogP contribution in [0.15, 0.2) is 17.0 Å². The zero-order valence-corrected chi connectivity index (χ0v) is 14.5. The number of hydrogen-bond donors (Lipinski definition) is 1. The molecule has 1 saturated heterocycles. The number of piperazine rings is 1. The van der Waals surface area contributed by atoms with Crippen LogP contribution in [0.1, 0.15) is 18.9 Å². The highest BCUT2D eigenvalue weighted by Gasteiger charge is 2.38. The number of hydrogen-bond acceptors (Lipinski definition) is 5. The monoisotopic (exact) mass is 378 g/mol. The van der Waals surface area contributed by atoms with Crippen LogP contribution in [0.4, 0.5) is 5.82 Å². The fourth-order valence-corrected chi connectivity index (χ4v) is 4.11. The number of aromatic nitrogens is 3. The SMILES string of the molecule is CN1CCN(C2CC(n3cc(Br)c4c(N)ncnc43)C2)CC1=O. The number of carbonyl (C=O) groups excluding carboxylic acids is 1. The van der Waals surface area contributed by atoms with E-state index < -0.39 is 0 Å². The molecule has 2 aromatic rings. The largest absolute Gasteiger partial charge is 0.383 e. The summed E-state index contributed by atoms with van der Waals surface area (Å²) in [7, 11) is 1.87. The van der Waals surface area contributed by atoms with Gasteiger partial charge >= 0.3 is 0 Å². The molecule has 0 atom stereocenters. The van der Waals surface area contributed by atoms with Crippen LogP contribution in [-0.4, -0.2) is 63.0 Å². The van der Waals surface area contributed by atoms with Gasteiger partial charge in [0.25, 0.3) is 0 Å². The van der Waals surface area contributed by atoms with Gasteiger partial charge in [0.05, 0.1) is 11.9 Å². The van der Waals surface area contributed by atoms with Crippen molar-refractivity contribution in [3.8, 4) is 0 Å². The average Bonchev–Trinajstić information content (AvgIpc) is 2.80. The van der Waals surface area contributed by atoms with Crippen LogP contribution in [0.25, 0.3) is 11.0 Å². The second-order valence-corrected chi connectivity index (χ2v) is 7.26. The predicted molar refractivity (Wildman–Crippen MR) is 90.9 cm³/mol. The Morgan fingerprint density at radius 3 is 2.78 bits per heavy atom. The molecule has 4 rings (SSSR count). The van der Waals surface area contributed by atoms with E-state index in [4.69, 9.17) is 5.73 Å². The highest BCUT2D eigenvalue weighted by atomic mass is 79.9. The lowest BCUT2D eigenvalue weighted by molar-refractivity contribution is -0.136. The first kappa shape index (κ1) is 14.9. The Bertz CT molecular complexity index is 769. The van der Waals surface area contributed by atoms with Gasteiger partial charge in [-0.2, -0.15) is 0 Å². The average molecular weight is 379 g/mol. The molecule has 1 amide bonds. The van der Waals surface area contributed by atoms with Gasteiger partial charge in [-0.15, -0.1) is 0 Å². The van der Waals surface area contributed by atoms with Crippen LogP contribution in [-0.2, 0) is 4.79 Å². The number of nitrogens with two attached hydrogens (primary N) is 1. The van der Waals surface area contributed by atoms with E-state index in [2.05, 4.69) is 35.4 Å². The molecular formula is C15H19BrN6O. The summed E-state index contributed by atoms with van der Waals surface area (Å²) in [6, 6.07) is 0.880. The van der Waals surface area contributed by atoms with Crippen LogP contribution in [0.2, 0.25) is 0 Å². The number of rotatable bonds is 2. The van der Waals surface area contributed by atoms with Gasteiger partial charge in [-0.3, -0.25) is 9.69 Å². The Balaban J connectivity index is 1.50. The van der Waals surface area contributed by atoms with Crippen molar-refractivity contribution in [3.05, 3.63) is 17.0 Å². The lowest BCUT2D eigenvalue weighted by atomic mass is 9.85. The molecular weight excluding hydrogens is 360 g/mol. The van der Waals surface area contributed by atoms with Crippen molar-refractivity contribution in [3.63, 3.8) is 0 Å². The van der Waals surface area contributed by atoms with Crippen LogP contribution >= 0.6 is 15.9 Å². The maximum Gasteiger partial charge on any atom is 0.236 e. The van der Waals surface area contributed by atoms with Crippen LogP contribution in [0.5, 0.6) is 0 Å². The first-order valence-corrected chi connectivity index (χ1v) is 8.58. The van der Waals surface area contributed by atoms with E-state index in [0.29, 0.717) is 24.4 Å². The number of fused-ring (bicyclic) bond motifs is 1. The summed E-state index contributed by atoms with van der Waals surface area (Å²) >= 11 is 3.55. The number of anilines is 1. The molecule has 1 aliphatic heterocycles. The molecule has 122 valence electrons. The third-order valence-electron chi connectivity index (χ3n) is 5.08. The van der Waals surface area contributed by atoms with E-state index in [1.54, 1.807) is 0 Å². The summed E-state index contributed by atoms with van der Waals surface area (Å²) < 4.78 is 3.12. The van der Waals surface area contributed by atoms with Crippen molar-refractivity contribution in [1.82, 2.24) is 24.3 Å². The van der Waals surface area contributed by atoms with Gasteiger partial charge in [0.2, 0.25) is 5.91 Å². The van der Waals surface area contributed by atoms with E-state index in [9.17, 15) is 4.79 Å². The molecule has 2 N–H and O–H groups in total. The van der Waals surface area contributed by atoms with Gasteiger partial charge in [-0.1, -0.05) is 0 Å². The Hall–Kier alpha value is -1.67. The summed E-state index contributed by atoms with van der Waals surface area (Å²) in [5, 5.41) is 0.880. The third kappa shape index (κ3) is 2.40. The van der Waals surface area contributed by atoms with E-state index >= 15 is 0 Å². The minimum Gasteiger partial charge on any atom is -0.383 e. The standard InChI is InChI=1S/C15H19BrN6O/c1-20-2-3-21(7-12(20)23)9-4-10(5-9)22-6-11(16)13-14(17)18-8-19-15(13)22/h6,8-10H,2-5,7H2,1H3,(H2,17,18,19). The molecule has 7 nitrogen and oxygen atoms in total. The predicted octanol–water partition coefficient (Wildman–Crippen LogP) is 1.25. The molecule has 0 spiro atoms. The molecule has 3 heterocycles. The fraction of sp³-hybridized carbons (Fsp3) is 0.533. The molecule has 23 heavy (non-hydrogen) atoms. The lowest BCUT2D eigenvalue weighted by Gasteiger charge is -2.45. The molecule has 2 aromatic heterocycles. The first-order chi connectivity index (χ1) is 11.0. The third-order valence-corrected chi connectivity index (χ3v) is 5.68. The molecule has 0 bridgehead atoms. The van der Waals surface area contributed by atoms with Crippen molar-refractivity contribution < 1.29 is 4.79 Å². The molecule has 1 aliphatic carbocycles. The lowest BCUT2D eigenvalue weighted by Crippen LogP contribution is -2.55. The molecule has 1 saturated carbocycles. The van der Waals surface area contributed by atoms with Crippen molar-refractivity contribution in [2.75, 3.05) is 32.4 Å². The Morgan fingerprint density at radius 1 is 1.26 bits per heavy atom. The molecule has 2 fully saturated rings. The van der Waals surface area contributed by atoms with Gasteiger partial charge in [0, 0.05) is 42.9 Å². The molecule has 8 heteroatoms. The normalized spacial score (nSPS) is 25.8. The first-order valence-electron chi connectivity index (χ1n) is 7.79. The number of nitrogens with zero attached hydrogens (tertiary/aromatic N) is 5. The van der Waals surface area contributed by atoms with E-state index in [1.807, 2.05) is 18.1 Å². The number of likely N-dealkylation sites (N-methyl/N-ethyl adjacent to an activating group) is 1. The van der Waals surface area contributed by atoms with Crippen LogP contribution < -0.4 is 5.73 Å². The molecule has 0 aromatic carbocycles. The van der Waals surface area contributed by atoms with Crippen molar-refractivity contribution in [1.29, 1.82) is 0 Å². The maximum atomic E-state index is 11.9. The summed E-state index contributed by atoms with van der Waals surface area (Å²) in [6.07, 6.45) is 5.63. The minimum atomic E-state index is 0.217. The van der Waals surface area contributed by atoms with E-state index in [1.165, 1.54) is 6.33 Å². The summed E-state index contributed by atoms with van der Waals surface area (Å²) in [5.74, 6) is 0.718. The number of nitrogen functional groups attached to an aromatic ring is 1. The smallest absolute Gasteiger partial charge is 0.236 e. The van der Waals surface area contributed by atoms with E-state index in [-0.39, 0.29) is 5.91 Å². The summed E-state index contributed by atoms with van der Waals surface area (Å²) in [5.41, 5.74) is 6.83. The van der Waals surface area contributed by atoms with Gasteiger partial charge < -0.3 is 15.2 Å². The minimum absolute atomic E-state index is 0.217. The highest BCUT2D eigenvalue weighted by molar-refractivity contribution is 9.10. The van der Waals surface area contributed by atoms with E-state index in [0.717, 1.165) is 41.4 Å². The van der Waals surface area contributed by atoms with Gasteiger partial charge in [-0.05, 0) is 28.8 Å². The van der Waals surface area contributed by atoms with Crippen LogP contribution in [0, 0.1) is 0 Å². The van der Waals surface area contributed by atoms with Gasteiger partial charge in [-0.25, -0.2) is 9.97 Å². The second kappa shape index (κ2) is 5.45. The second-order valence-electron chi connectivity index (χ2n) is 6.41. The van der Waals surface area contributed by atoms with Crippen molar-refractivity contribution >= 4 is 38.7 Å². The molecule has 2 aliphatic rings. The highest BCUT2D eigenvalue weighted by Crippen LogP contribution is 2.40. The van der Waals surface area contributed by atoms with Crippen LogP contribution in [0.3, 0.4) is 0 Å². The quantitative estimate of drug-likeness (QED) is 0.850. The van der Waals surface area contributed by atoms with Gasteiger partial charge in [0.1, 0.15) is 17.8 Å².